The maximum absolute atomic E-state index is 14.6. The lowest BCUT2D eigenvalue weighted by Gasteiger charge is -2.29. The normalized spacial score (nSPS) is 20.1. The molecule has 0 aromatic carbocycles. The minimum absolute atomic E-state index is 0.0155. The Bertz CT molecular complexity index is 1290. The Kier molecular flexibility index (Phi) is 6.46. The second-order valence-electron chi connectivity index (χ2n) is 8.82. The first kappa shape index (κ1) is 22.7. The number of anilines is 2. The Labute approximate surface area is 199 Å². The van der Waals surface area contributed by atoms with E-state index in [1.165, 1.54) is 28.6 Å². The van der Waals surface area contributed by atoms with Crippen LogP contribution in [0.3, 0.4) is 0 Å². The maximum Gasteiger partial charge on any atom is 0.250 e. The Balaban J connectivity index is 1.15. The molecule has 3 aromatic heterocycles. The quantitative estimate of drug-likeness (QED) is 0.490. The van der Waals surface area contributed by atoms with Crippen molar-refractivity contribution in [1.82, 2.24) is 25.1 Å². The van der Waals surface area contributed by atoms with E-state index in [1.807, 2.05) is 6.07 Å². The fourth-order valence-electron chi connectivity index (χ4n) is 4.58. The molecule has 0 atom stereocenters. The highest BCUT2D eigenvalue weighted by Gasteiger charge is 2.23. The van der Waals surface area contributed by atoms with Crippen LogP contribution in [-0.2, 0) is 18.4 Å². The van der Waals surface area contributed by atoms with Crippen molar-refractivity contribution >= 4 is 40.1 Å². The number of rotatable bonds is 6. The fourth-order valence-corrected chi connectivity index (χ4v) is 5.29. The summed E-state index contributed by atoms with van der Waals surface area (Å²) in [6.07, 6.45) is 5.24. The van der Waals surface area contributed by atoms with Crippen LogP contribution in [0.2, 0.25) is 0 Å². The van der Waals surface area contributed by atoms with E-state index in [2.05, 4.69) is 31.1 Å². The molecule has 0 saturated heterocycles. The van der Waals surface area contributed by atoms with Crippen molar-refractivity contribution in [3.63, 3.8) is 0 Å². The van der Waals surface area contributed by atoms with Gasteiger partial charge in [0.1, 0.15) is 5.03 Å². The van der Waals surface area contributed by atoms with Gasteiger partial charge in [0.25, 0.3) is 5.56 Å². The van der Waals surface area contributed by atoms with Gasteiger partial charge in [-0.15, -0.1) is 5.10 Å². The van der Waals surface area contributed by atoms with E-state index in [9.17, 15) is 14.0 Å². The Hall–Kier alpha value is -3.05. The van der Waals surface area contributed by atoms with Gasteiger partial charge in [0, 0.05) is 32.2 Å². The Morgan fingerprint density at radius 3 is 2.85 bits per heavy atom. The van der Waals surface area contributed by atoms with Gasteiger partial charge in [-0.2, -0.15) is 5.10 Å². The minimum atomic E-state index is -0.454. The van der Waals surface area contributed by atoms with Crippen molar-refractivity contribution in [1.29, 1.82) is 0 Å². The number of aryl methyl sites for hydroxylation is 1. The van der Waals surface area contributed by atoms with Crippen molar-refractivity contribution in [3.05, 3.63) is 46.3 Å². The van der Waals surface area contributed by atoms with E-state index in [1.54, 1.807) is 13.1 Å². The molecule has 1 amide bonds. The lowest BCUT2D eigenvalue weighted by molar-refractivity contribution is -0.113. The first-order valence-electron chi connectivity index (χ1n) is 11.4. The summed E-state index contributed by atoms with van der Waals surface area (Å²) in [6, 6.07) is 5.32. The van der Waals surface area contributed by atoms with Crippen molar-refractivity contribution in [3.8, 4) is 0 Å². The summed E-state index contributed by atoms with van der Waals surface area (Å²) in [5.41, 5.74) is 2.75. The van der Waals surface area contributed by atoms with Crippen LogP contribution in [0, 0.1) is 11.7 Å². The highest BCUT2D eigenvalue weighted by atomic mass is 32.2. The number of carbonyl (C=O) groups excluding carboxylic acids is 1. The van der Waals surface area contributed by atoms with Crippen LogP contribution < -0.4 is 21.5 Å². The lowest BCUT2D eigenvalue weighted by Crippen LogP contribution is -2.34. The summed E-state index contributed by atoms with van der Waals surface area (Å²) in [6.45, 7) is 1.23. The largest absolute Gasteiger partial charge is 0.381 e. The predicted octanol–water partition coefficient (Wildman–Crippen LogP) is 2.67. The number of pyridine rings is 2. The number of fused-ring (bicyclic) bond motifs is 2. The summed E-state index contributed by atoms with van der Waals surface area (Å²) in [7, 11) is 1.63. The molecule has 11 heteroatoms. The van der Waals surface area contributed by atoms with Crippen molar-refractivity contribution in [2.24, 2.45) is 13.0 Å². The van der Waals surface area contributed by atoms with E-state index < -0.39 is 5.82 Å². The topological polar surface area (TPSA) is 114 Å². The van der Waals surface area contributed by atoms with Crippen LogP contribution in [0.15, 0.2) is 34.2 Å². The van der Waals surface area contributed by atoms with Crippen molar-refractivity contribution in [2.45, 2.75) is 43.3 Å². The molecule has 2 aliphatic rings. The standard InChI is InChI=1S/C23H26FN7O2S/c1-31-20(33)7-6-17-22(31)21(16(24)11-26-17)27-9-13-2-4-14(5-3-13)25-10-15-8-18-23(30-29-15)34-12-19(32)28-18/h6-8,11,13-14,25H,2-5,9-10,12H2,1H3,(H,26,27)(H,28,32). The highest BCUT2D eigenvalue weighted by molar-refractivity contribution is 8.00. The molecule has 1 fully saturated rings. The van der Waals surface area contributed by atoms with Crippen molar-refractivity contribution in [2.75, 3.05) is 22.9 Å². The van der Waals surface area contributed by atoms with Gasteiger partial charge in [-0.05, 0) is 43.7 Å². The maximum atomic E-state index is 14.6. The molecular formula is C23H26FN7O2S. The van der Waals surface area contributed by atoms with Gasteiger partial charge >= 0.3 is 0 Å². The van der Waals surface area contributed by atoms with Crippen LogP contribution in [0.4, 0.5) is 15.8 Å². The molecule has 4 heterocycles. The molecule has 1 aliphatic heterocycles. The van der Waals surface area contributed by atoms with E-state index in [0.717, 1.165) is 42.1 Å². The van der Waals surface area contributed by atoms with Crippen LogP contribution in [-0.4, -0.2) is 44.0 Å². The van der Waals surface area contributed by atoms with Crippen LogP contribution in [0.1, 0.15) is 31.4 Å². The van der Waals surface area contributed by atoms with Gasteiger partial charge < -0.3 is 20.5 Å². The molecular weight excluding hydrogens is 457 g/mol. The van der Waals surface area contributed by atoms with Gasteiger partial charge in [0.15, 0.2) is 5.82 Å². The average molecular weight is 484 g/mol. The smallest absolute Gasteiger partial charge is 0.250 e. The number of hydrogen-bond acceptors (Lipinski definition) is 8. The Morgan fingerprint density at radius 2 is 2.03 bits per heavy atom. The summed E-state index contributed by atoms with van der Waals surface area (Å²) in [4.78, 5) is 27.7. The SMILES string of the molecule is Cn1c(=O)ccc2ncc(F)c(NCC3CCC(NCc4cc5c(nn4)SCC(=O)N5)CC3)c21. The minimum Gasteiger partial charge on any atom is -0.381 e. The number of nitrogens with zero attached hydrogens (tertiary/aromatic N) is 4. The molecule has 1 saturated carbocycles. The van der Waals surface area contributed by atoms with Gasteiger partial charge in [-0.1, -0.05) is 11.8 Å². The average Bonchev–Trinajstić information content (AvgIpc) is 2.85. The van der Waals surface area contributed by atoms with E-state index in [4.69, 9.17) is 0 Å². The highest BCUT2D eigenvalue weighted by Crippen LogP contribution is 2.30. The van der Waals surface area contributed by atoms with E-state index in [-0.39, 0.29) is 11.5 Å². The molecule has 0 unspecified atom stereocenters. The zero-order chi connectivity index (χ0) is 23.7. The van der Waals surface area contributed by atoms with Crippen LogP contribution in [0.5, 0.6) is 0 Å². The third kappa shape index (κ3) is 4.76. The number of carbonyl (C=O) groups is 1. The monoisotopic (exact) mass is 483 g/mol. The first-order valence-corrected chi connectivity index (χ1v) is 12.4. The van der Waals surface area contributed by atoms with Crippen LogP contribution in [0.25, 0.3) is 11.0 Å². The number of thioether (sulfide) groups is 1. The molecule has 0 spiro atoms. The number of aromatic nitrogens is 4. The van der Waals surface area contributed by atoms with Crippen LogP contribution >= 0.6 is 11.8 Å². The predicted molar refractivity (Wildman–Crippen MR) is 129 cm³/mol. The number of halogens is 1. The lowest BCUT2D eigenvalue weighted by atomic mass is 9.86. The third-order valence-electron chi connectivity index (χ3n) is 6.50. The van der Waals surface area contributed by atoms with Crippen molar-refractivity contribution < 1.29 is 9.18 Å². The second-order valence-corrected chi connectivity index (χ2v) is 9.78. The number of amides is 1. The molecule has 0 bridgehead atoms. The molecule has 9 nitrogen and oxygen atoms in total. The summed E-state index contributed by atoms with van der Waals surface area (Å²) < 4.78 is 16.0. The second kappa shape index (κ2) is 9.67. The van der Waals surface area contributed by atoms with Gasteiger partial charge in [-0.25, -0.2) is 4.39 Å². The molecule has 178 valence electrons. The van der Waals surface area contributed by atoms with Gasteiger partial charge in [-0.3, -0.25) is 14.6 Å². The van der Waals surface area contributed by atoms with E-state index in [0.29, 0.717) is 47.5 Å². The molecule has 34 heavy (non-hydrogen) atoms. The van der Waals surface area contributed by atoms with Gasteiger partial charge in [0.2, 0.25) is 5.91 Å². The summed E-state index contributed by atoms with van der Waals surface area (Å²) in [5.74, 6) is 0.319. The molecule has 3 N–H and O–H groups in total. The van der Waals surface area contributed by atoms with Gasteiger partial charge in [0.05, 0.1) is 40.1 Å². The molecule has 5 rings (SSSR count). The number of hydrogen-bond donors (Lipinski definition) is 3. The first-order chi connectivity index (χ1) is 16.5. The molecule has 1 aliphatic carbocycles. The third-order valence-corrected chi connectivity index (χ3v) is 7.48. The summed E-state index contributed by atoms with van der Waals surface area (Å²) >= 11 is 1.40. The summed E-state index contributed by atoms with van der Waals surface area (Å²) in [5, 5.41) is 18.9. The zero-order valence-electron chi connectivity index (χ0n) is 18.8. The molecule has 0 radical (unpaired) electrons. The number of nitrogens with one attached hydrogen (secondary N) is 3. The zero-order valence-corrected chi connectivity index (χ0v) is 19.6. The fraction of sp³-hybridized carbons (Fsp3) is 0.435. The Morgan fingerprint density at radius 1 is 1.21 bits per heavy atom. The van der Waals surface area contributed by atoms with E-state index >= 15 is 0 Å². The molecule has 3 aromatic rings.